The van der Waals surface area contributed by atoms with E-state index in [-0.39, 0.29) is 25.7 Å². The Morgan fingerprint density at radius 3 is 2.21 bits per heavy atom. The van der Waals surface area contributed by atoms with E-state index in [1.165, 1.54) is 33.5 Å². The number of carbonyl (C=O) groups excluding carboxylic acids is 5. The lowest BCUT2D eigenvalue weighted by Crippen LogP contribution is -2.94. The van der Waals surface area contributed by atoms with Crippen molar-refractivity contribution in [2.75, 3.05) is 7.11 Å². The van der Waals surface area contributed by atoms with Crippen molar-refractivity contribution in [3.8, 4) is 0 Å². The third-order valence-corrected chi connectivity index (χ3v) is 15.3. The van der Waals surface area contributed by atoms with Crippen LogP contribution in [0.1, 0.15) is 99.2 Å². The highest BCUT2D eigenvalue weighted by atomic mass is 16.9. The Bertz CT molecular complexity index is 1860. The van der Waals surface area contributed by atoms with Gasteiger partial charge in [-0.25, -0.2) is 4.79 Å². The molecule has 2 spiro atoms. The van der Waals surface area contributed by atoms with Crippen molar-refractivity contribution in [3.05, 3.63) is 24.2 Å². The molecule has 4 aliphatic carbocycles. The number of hydrogen-bond acceptors (Lipinski definition) is 15. The minimum Gasteiger partial charge on any atom is -0.472 e. The molecule has 15 atom stereocenters. The number of ether oxygens (including phenoxy) is 9. The highest BCUT2D eigenvalue weighted by molar-refractivity contribution is 5.83. The summed E-state index contributed by atoms with van der Waals surface area (Å²) in [5.41, 5.74) is -11.0. The fourth-order valence-corrected chi connectivity index (χ4v) is 13.4. The molecule has 0 unspecified atom stereocenters. The summed E-state index contributed by atoms with van der Waals surface area (Å²) in [6.07, 6.45) is -0.737. The lowest BCUT2D eigenvalue weighted by Gasteiger charge is -2.77. The quantitative estimate of drug-likeness (QED) is 0.224. The van der Waals surface area contributed by atoms with Gasteiger partial charge >= 0.3 is 29.8 Å². The van der Waals surface area contributed by atoms with Crippen LogP contribution in [0.4, 0.5) is 0 Å². The molecule has 9 rings (SSSR count). The first-order valence-electron chi connectivity index (χ1n) is 18.3. The van der Waals surface area contributed by atoms with E-state index in [2.05, 4.69) is 0 Å². The van der Waals surface area contributed by atoms with Crippen LogP contribution in [0.3, 0.4) is 0 Å². The monoisotopic (exact) mass is 742 g/mol. The Balaban J connectivity index is 1.38. The normalized spacial score (nSPS) is 53.3. The number of fused-ring (bicyclic) bond motifs is 3. The molecule has 0 radical (unpaired) electrons. The van der Waals surface area contributed by atoms with Gasteiger partial charge in [0.2, 0.25) is 5.60 Å². The second kappa shape index (κ2) is 10.0. The number of rotatable bonds is 7. The molecule has 4 bridgehead atoms. The number of carbonyl (C=O) groups is 5. The molecule has 5 heterocycles. The molecule has 0 aromatic carbocycles. The smallest absolute Gasteiger partial charge is 0.341 e. The Kier molecular flexibility index (Phi) is 6.64. The van der Waals surface area contributed by atoms with Gasteiger partial charge in [-0.15, -0.1) is 0 Å². The Morgan fingerprint density at radius 2 is 1.60 bits per heavy atom. The van der Waals surface area contributed by atoms with Gasteiger partial charge in [-0.2, -0.15) is 0 Å². The summed E-state index contributed by atoms with van der Waals surface area (Å²) < 4.78 is 63.9. The van der Waals surface area contributed by atoms with Gasteiger partial charge in [0, 0.05) is 54.9 Å². The Labute approximate surface area is 305 Å². The Hall–Kier alpha value is -3.53. The maximum atomic E-state index is 14.2. The van der Waals surface area contributed by atoms with E-state index in [9.17, 15) is 24.0 Å². The maximum Gasteiger partial charge on any atom is 0.341 e. The lowest BCUT2D eigenvalue weighted by molar-refractivity contribution is -0.477. The minimum absolute atomic E-state index is 0.0933. The largest absolute Gasteiger partial charge is 0.472 e. The fourth-order valence-electron chi connectivity index (χ4n) is 13.4. The highest BCUT2D eigenvalue weighted by Gasteiger charge is 3.05. The average molecular weight is 743 g/mol. The molecule has 1 aromatic rings. The van der Waals surface area contributed by atoms with Crippen molar-refractivity contribution in [1.82, 2.24) is 0 Å². The van der Waals surface area contributed by atoms with Crippen LogP contribution in [0, 0.1) is 28.1 Å². The second-order valence-corrected chi connectivity index (χ2v) is 17.6. The number of esters is 5. The zero-order valence-corrected chi connectivity index (χ0v) is 31.4. The van der Waals surface area contributed by atoms with Crippen LogP contribution in [0.25, 0.3) is 0 Å². The van der Waals surface area contributed by atoms with Gasteiger partial charge in [-0.3, -0.25) is 19.2 Å². The van der Waals surface area contributed by atoms with E-state index in [1.54, 1.807) is 26.8 Å². The molecule has 288 valence electrons. The van der Waals surface area contributed by atoms with E-state index in [4.69, 9.17) is 47.0 Å². The molecule has 15 heteroatoms. The molecule has 4 aliphatic heterocycles. The molecular formula is C38H46O15. The average Bonchev–Trinajstić information content (AvgIpc) is 3.40. The molecule has 8 aliphatic rings. The van der Waals surface area contributed by atoms with Gasteiger partial charge < -0.3 is 47.0 Å². The van der Waals surface area contributed by atoms with Gasteiger partial charge in [-0.05, 0) is 45.1 Å². The number of hydrogen-bond donors (Lipinski definition) is 0. The van der Waals surface area contributed by atoms with Gasteiger partial charge in [0.25, 0.3) is 5.97 Å². The van der Waals surface area contributed by atoms with E-state index in [0.29, 0.717) is 12.0 Å². The lowest BCUT2D eigenvalue weighted by atomic mass is 9.33. The summed E-state index contributed by atoms with van der Waals surface area (Å²) in [6, 6.07) is 1.73. The van der Waals surface area contributed by atoms with E-state index in [1.807, 2.05) is 20.8 Å². The summed E-state index contributed by atoms with van der Waals surface area (Å²) in [5.74, 6) is -6.67. The van der Waals surface area contributed by atoms with Crippen molar-refractivity contribution in [2.45, 2.75) is 146 Å². The zero-order chi connectivity index (χ0) is 38.2. The molecule has 0 N–H and O–H groups in total. The van der Waals surface area contributed by atoms with Crippen LogP contribution < -0.4 is 0 Å². The first-order valence-corrected chi connectivity index (χ1v) is 18.3. The van der Waals surface area contributed by atoms with Gasteiger partial charge in [0.15, 0.2) is 17.8 Å². The first kappa shape index (κ1) is 35.2. The SMILES string of the molecule is COC(=O)C[C@H]1[C@@]2(C)C[C@@]34O[C@]5(C)O[C@]6([C@@H]7CC(=O)O[C@@H](c8ccoc8)[C@]7(C)CC[C@]6(O5)[C@]13C)[C@H](OC(C)=O)[C@@]4(OC(C)=O)[C@H]2OC(=O)[C@]1(C)O[C@H]1C. The molecule has 1 aromatic heterocycles. The van der Waals surface area contributed by atoms with Gasteiger partial charge in [-0.1, -0.05) is 20.8 Å². The van der Waals surface area contributed by atoms with Gasteiger partial charge in [0.05, 0.1) is 32.2 Å². The van der Waals surface area contributed by atoms with Crippen LogP contribution >= 0.6 is 0 Å². The van der Waals surface area contributed by atoms with Crippen molar-refractivity contribution >= 4 is 29.8 Å². The predicted octanol–water partition coefficient (Wildman–Crippen LogP) is 3.60. The molecule has 15 nitrogen and oxygen atoms in total. The minimum atomic E-state index is -2.08. The van der Waals surface area contributed by atoms with Crippen LogP contribution in [-0.4, -0.2) is 89.2 Å². The molecule has 0 amide bonds. The Morgan fingerprint density at radius 1 is 0.906 bits per heavy atom. The second-order valence-electron chi connectivity index (χ2n) is 17.6. The zero-order valence-electron chi connectivity index (χ0n) is 31.4. The maximum absolute atomic E-state index is 14.2. The number of epoxide rings is 1. The third kappa shape index (κ3) is 3.60. The molecule has 53 heavy (non-hydrogen) atoms. The van der Waals surface area contributed by atoms with Crippen molar-refractivity contribution in [1.29, 1.82) is 0 Å². The number of furan rings is 1. The van der Waals surface area contributed by atoms with Crippen LogP contribution in [-0.2, 0) is 66.6 Å². The van der Waals surface area contributed by atoms with Crippen molar-refractivity contribution < 1.29 is 71.0 Å². The predicted molar refractivity (Wildman–Crippen MR) is 173 cm³/mol. The van der Waals surface area contributed by atoms with Crippen molar-refractivity contribution in [3.63, 3.8) is 0 Å². The van der Waals surface area contributed by atoms with Crippen LogP contribution in [0.5, 0.6) is 0 Å². The number of cyclic esters (lactones) is 1. The third-order valence-electron chi connectivity index (χ3n) is 15.3. The summed E-state index contributed by atoms with van der Waals surface area (Å²) in [6.45, 7) is 13.2. The first-order chi connectivity index (χ1) is 24.7. The molecule has 4 saturated heterocycles. The molecule has 8 fully saturated rings. The topological polar surface area (TPSA) is 185 Å². The summed E-state index contributed by atoms with van der Waals surface area (Å²) in [4.78, 5) is 69.0. The van der Waals surface area contributed by atoms with E-state index in [0.717, 1.165) is 0 Å². The molecular weight excluding hydrogens is 696 g/mol. The highest BCUT2D eigenvalue weighted by Crippen LogP contribution is 2.90. The van der Waals surface area contributed by atoms with Crippen LogP contribution in [0.2, 0.25) is 0 Å². The van der Waals surface area contributed by atoms with Crippen LogP contribution in [0.15, 0.2) is 23.0 Å². The number of methoxy groups -OCH3 is 1. The van der Waals surface area contributed by atoms with Gasteiger partial charge in [0.1, 0.15) is 22.9 Å². The van der Waals surface area contributed by atoms with E-state index >= 15 is 0 Å². The summed E-state index contributed by atoms with van der Waals surface area (Å²) in [5, 5.41) is 0. The fraction of sp³-hybridized carbons (Fsp3) is 0.763. The molecule has 4 saturated carbocycles. The standard InChI is InChI=1S/C38H46O15/c1-18-32(6,49-18)29(43)48-27-31(5)17-36-33(7,22(31)14-24(41)44-9)35-12-11-30(4)23(15-25(42)47-26(30)21-10-13-45-16-21)37(35,53-34(8,51-35)52-36)28(46-19(2)39)38(27,36)50-20(3)40/h10,13,16,18,22-23,26-28H,11-12,14-15,17H2,1-9H3/t18-,22-,23+,26-,27-,28-,30+,31+,32+,33-,34+,35-,36+,37+,38-/m0/s1. The van der Waals surface area contributed by atoms with E-state index < -0.39 is 116 Å². The summed E-state index contributed by atoms with van der Waals surface area (Å²) in [7, 11) is 1.30. The summed E-state index contributed by atoms with van der Waals surface area (Å²) >= 11 is 0. The van der Waals surface area contributed by atoms with Crippen molar-refractivity contribution in [2.24, 2.45) is 28.1 Å².